The number of hydrogen-bond acceptors (Lipinski definition) is 5. The third-order valence-corrected chi connectivity index (χ3v) is 6.21. The van der Waals surface area contributed by atoms with Crippen LogP contribution in [-0.4, -0.2) is 23.7 Å². The second kappa shape index (κ2) is 8.44. The van der Waals surface area contributed by atoms with Gasteiger partial charge in [-0.05, 0) is 66.3 Å². The molecule has 1 saturated heterocycles. The van der Waals surface area contributed by atoms with Crippen LogP contribution in [0.3, 0.4) is 0 Å². The van der Waals surface area contributed by atoms with E-state index in [2.05, 4.69) is 4.90 Å². The molecular weight excluding hydrogens is 414 g/mol. The summed E-state index contributed by atoms with van der Waals surface area (Å²) in [4.78, 5) is 27.6. The Morgan fingerprint density at radius 1 is 0.848 bits per heavy atom. The fourth-order valence-electron chi connectivity index (χ4n) is 4.39. The van der Waals surface area contributed by atoms with Crippen LogP contribution in [0.15, 0.2) is 83.8 Å². The van der Waals surface area contributed by atoms with Crippen LogP contribution in [0.2, 0.25) is 0 Å². The average molecular weight is 440 g/mol. The molecule has 1 aromatic heterocycles. The maximum absolute atomic E-state index is 12.9. The highest BCUT2D eigenvalue weighted by Gasteiger charge is 2.17. The van der Waals surface area contributed by atoms with Crippen molar-refractivity contribution in [1.29, 1.82) is 0 Å². The summed E-state index contributed by atoms with van der Waals surface area (Å²) < 4.78 is 1.09. The van der Waals surface area contributed by atoms with Crippen molar-refractivity contribution in [3.8, 4) is 11.1 Å². The van der Waals surface area contributed by atoms with Gasteiger partial charge in [0, 0.05) is 41.5 Å². The first kappa shape index (κ1) is 20.8. The molecule has 4 aromatic rings. The van der Waals surface area contributed by atoms with Gasteiger partial charge in [-0.1, -0.05) is 30.3 Å². The topological polar surface area (TPSA) is 97.6 Å². The number of carbonyl (C=O) groups excluding carboxylic acids is 1. The SMILES string of the molecule is NN(C(=O)c1ccc(N2CCCC2)cc1)c1ccc(-c2cn(N)c(=O)c3ccccc23)cc1. The van der Waals surface area contributed by atoms with Crippen molar-refractivity contribution in [1.82, 2.24) is 4.68 Å². The molecule has 0 aliphatic carbocycles. The number of aromatic nitrogens is 1. The molecule has 1 amide bonds. The average Bonchev–Trinajstić information content (AvgIpc) is 3.41. The van der Waals surface area contributed by atoms with Crippen molar-refractivity contribution in [2.45, 2.75) is 12.8 Å². The minimum Gasteiger partial charge on any atom is -0.372 e. The predicted octanol–water partition coefficient (Wildman–Crippen LogP) is 3.50. The van der Waals surface area contributed by atoms with Crippen LogP contribution in [0.4, 0.5) is 11.4 Å². The standard InChI is InChI=1S/C26H25N5O2/c27-30-17-24(22-5-1-2-6-23(22)26(30)33)18-7-13-21(14-8-18)31(28)25(32)19-9-11-20(12-10-19)29-15-3-4-16-29/h1-2,5-14,17H,3-4,15-16,27-28H2. The van der Waals surface area contributed by atoms with Gasteiger partial charge in [0.15, 0.2) is 0 Å². The number of nitrogens with two attached hydrogens (primary N) is 2. The summed E-state index contributed by atoms with van der Waals surface area (Å²) in [6.45, 7) is 2.11. The number of hydrogen-bond donors (Lipinski definition) is 2. The number of anilines is 2. The Labute approximate surface area is 191 Å². The highest BCUT2D eigenvalue weighted by molar-refractivity contribution is 6.05. The van der Waals surface area contributed by atoms with E-state index >= 15 is 0 Å². The molecule has 33 heavy (non-hydrogen) atoms. The fourth-order valence-corrected chi connectivity index (χ4v) is 4.39. The number of benzene rings is 3. The zero-order valence-electron chi connectivity index (χ0n) is 18.1. The number of rotatable bonds is 4. The molecule has 0 saturated carbocycles. The largest absolute Gasteiger partial charge is 0.372 e. The summed E-state index contributed by atoms with van der Waals surface area (Å²) in [6, 6.07) is 22.2. The van der Waals surface area contributed by atoms with Crippen LogP contribution < -0.4 is 27.2 Å². The molecule has 1 aliphatic heterocycles. The fraction of sp³-hybridized carbons (Fsp3) is 0.154. The van der Waals surface area contributed by atoms with Crippen molar-refractivity contribution in [3.05, 3.63) is 94.9 Å². The summed E-state index contributed by atoms with van der Waals surface area (Å²) in [5.74, 6) is 11.8. The Bertz CT molecular complexity index is 1370. The lowest BCUT2D eigenvalue weighted by Crippen LogP contribution is -2.37. The number of hydrazine groups is 1. The van der Waals surface area contributed by atoms with E-state index in [0.29, 0.717) is 16.6 Å². The Morgan fingerprint density at radius 2 is 1.48 bits per heavy atom. The quantitative estimate of drug-likeness (QED) is 0.288. The van der Waals surface area contributed by atoms with Crippen molar-refractivity contribution < 1.29 is 4.79 Å². The van der Waals surface area contributed by atoms with Gasteiger partial charge in [-0.3, -0.25) is 9.59 Å². The Kier molecular flexibility index (Phi) is 5.32. The van der Waals surface area contributed by atoms with Crippen molar-refractivity contribution in [2.75, 3.05) is 28.8 Å². The molecular formula is C26H25N5O2. The second-order valence-electron chi connectivity index (χ2n) is 8.26. The molecule has 0 atom stereocenters. The smallest absolute Gasteiger partial charge is 0.276 e. The minimum atomic E-state index is -0.281. The normalized spacial score (nSPS) is 13.4. The summed E-state index contributed by atoms with van der Waals surface area (Å²) in [5, 5.41) is 2.52. The summed E-state index contributed by atoms with van der Waals surface area (Å²) in [7, 11) is 0. The van der Waals surface area contributed by atoms with E-state index in [9.17, 15) is 9.59 Å². The van der Waals surface area contributed by atoms with Crippen LogP contribution in [-0.2, 0) is 0 Å². The molecule has 7 heteroatoms. The van der Waals surface area contributed by atoms with Gasteiger partial charge in [-0.15, -0.1) is 0 Å². The van der Waals surface area contributed by atoms with Crippen molar-refractivity contribution in [2.24, 2.45) is 5.84 Å². The highest BCUT2D eigenvalue weighted by Crippen LogP contribution is 2.28. The third kappa shape index (κ3) is 3.83. The van der Waals surface area contributed by atoms with Gasteiger partial charge in [0.1, 0.15) is 0 Å². The van der Waals surface area contributed by atoms with Gasteiger partial charge in [0.25, 0.3) is 11.5 Å². The predicted molar refractivity (Wildman–Crippen MR) is 133 cm³/mol. The Hall–Kier alpha value is -4.10. The van der Waals surface area contributed by atoms with Crippen LogP contribution in [0.1, 0.15) is 23.2 Å². The maximum Gasteiger partial charge on any atom is 0.276 e. The number of nitrogen functional groups attached to an aromatic ring is 1. The monoisotopic (exact) mass is 439 g/mol. The molecule has 0 spiro atoms. The molecule has 4 N–H and O–H groups in total. The second-order valence-corrected chi connectivity index (χ2v) is 8.26. The van der Waals surface area contributed by atoms with Gasteiger partial charge >= 0.3 is 0 Å². The van der Waals surface area contributed by atoms with E-state index in [4.69, 9.17) is 11.7 Å². The summed E-state index contributed by atoms with van der Waals surface area (Å²) in [5.41, 5.74) is 3.67. The van der Waals surface area contributed by atoms with E-state index in [1.165, 1.54) is 12.8 Å². The molecule has 0 bridgehead atoms. The van der Waals surface area contributed by atoms with E-state index in [-0.39, 0.29) is 11.5 Å². The number of nitrogens with zero attached hydrogens (tertiary/aromatic N) is 3. The lowest BCUT2D eigenvalue weighted by Gasteiger charge is -2.20. The number of pyridine rings is 1. The Morgan fingerprint density at radius 3 is 2.15 bits per heavy atom. The van der Waals surface area contributed by atoms with Gasteiger partial charge in [-0.25, -0.2) is 15.5 Å². The molecule has 2 heterocycles. The first-order chi connectivity index (χ1) is 16.0. The maximum atomic E-state index is 12.9. The van der Waals surface area contributed by atoms with Crippen molar-refractivity contribution >= 4 is 28.1 Å². The summed E-state index contributed by atoms with van der Waals surface area (Å²) in [6.07, 6.45) is 4.03. The lowest BCUT2D eigenvalue weighted by atomic mass is 10.0. The van der Waals surface area contributed by atoms with Gasteiger partial charge in [-0.2, -0.15) is 0 Å². The van der Waals surface area contributed by atoms with E-state index in [0.717, 1.165) is 45.0 Å². The molecule has 3 aromatic carbocycles. The number of carbonyl (C=O) groups is 1. The van der Waals surface area contributed by atoms with E-state index in [1.807, 2.05) is 54.6 Å². The summed E-state index contributed by atoms with van der Waals surface area (Å²) >= 11 is 0. The van der Waals surface area contributed by atoms with Gasteiger partial charge < -0.3 is 10.7 Å². The van der Waals surface area contributed by atoms with Gasteiger partial charge in [0.05, 0.1) is 5.69 Å². The third-order valence-electron chi connectivity index (χ3n) is 6.21. The zero-order valence-corrected chi connectivity index (χ0v) is 18.1. The van der Waals surface area contributed by atoms with Gasteiger partial charge in [0.2, 0.25) is 0 Å². The van der Waals surface area contributed by atoms with Crippen LogP contribution >= 0.6 is 0 Å². The highest BCUT2D eigenvalue weighted by atomic mass is 16.2. The van der Waals surface area contributed by atoms with Crippen LogP contribution in [0.5, 0.6) is 0 Å². The Balaban J connectivity index is 1.39. The van der Waals surface area contributed by atoms with Crippen LogP contribution in [0.25, 0.3) is 21.9 Å². The molecule has 166 valence electrons. The first-order valence-corrected chi connectivity index (χ1v) is 11.0. The first-order valence-electron chi connectivity index (χ1n) is 11.0. The molecule has 0 unspecified atom stereocenters. The molecule has 5 rings (SSSR count). The molecule has 0 radical (unpaired) electrons. The zero-order chi connectivity index (χ0) is 22.9. The molecule has 7 nitrogen and oxygen atoms in total. The molecule has 1 aliphatic rings. The van der Waals surface area contributed by atoms with E-state index in [1.54, 1.807) is 24.4 Å². The van der Waals surface area contributed by atoms with Crippen LogP contribution in [0, 0.1) is 0 Å². The number of amides is 1. The van der Waals surface area contributed by atoms with E-state index < -0.39 is 0 Å². The molecule has 1 fully saturated rings. The minimum absolute atomic E-state index is 0.250. The van der Waals surface area contributed by atoms with Crippen molar-refractivity contribution in [3.63, 3.8) is 0 Å². The number of fused-ring (bicyclic) bond motifs is 1. The lowest BCUT2D eigenvalue weighted by molar-refractivity contribution is 0.0987.